The smallest absolute Gasteiger partial charge is 0.0711 e. The minimum atomic E-state index is 0.454. The highest BCUT2D eigenvalue weighted by Crippen LogP contribution is 2.40. The lowest BCUT2D eigenvalue weighted by molar-refractivity contribution is 1.22. The predicted octanol–water partition coefficient (Wildman–Crippen LogP) is 11.3. The van der Waals surface area contributed by atoms with E-state index >= 15 is 0 Å². The third kappa shape index (κ3) is 5.48. The number of nitrogens with zero attached hydrogens (tertiary/aromatic N) is 1. The normalized spacial score (nSPS) is 13.2. The molecular formula is C45H33N3. The van der Waals surface area contributed by atoms with E-state index in [1.165, 1.54) is 10.8 Å². The van der Waals surface area contributed by atoms with Crippen molar-refractivity contribution in [2.75, 3.05) is 4.90 Å². The molecule has 0 aliphatic carbocycles. The fourth-order valence-corrected chi connectivity index (χ4v) is 6.56. The highest BCUT2D eigenvalue weighted by atomic mass is 15.1. The van der Waals surface area contributed by atoms with E-state index in [1.54, 1.807) is 0 Å². The summed E-state index contributed by atoms with van der Waals surface area (Å²) < 4.78 is 0. The van der Waals surface area contributed by atoms with Crippen LogP contribution >= 0.6 is 0 Å². The molecule has 0 unspecified atom stereocenters. The van der Waals surface area contributed by atoms with Crippen LogP contribution in [0.3, 0.4) is 0 Å². The Kier molecular flexibility index (Phi) is 7.70. The monoisotopic (exact) mass is 615 g/mol. The van der Waals surface area contributed by atoms with Crippen LogP contribution in [-0.2, 0) is 0 Å². The van der Waals surface area contributed by atoms with Crippen molar-refractivity contribution in [3.63, 3.8) is 0 Å². The van der Waals surface area contributed by atoms with E-state index < -0.39 is 0 Å². The Morgan fingerprint density at radius 1 is 0.500 bits per heavy atom. The molecule has 3 nitrogen and oxygen atoms in total. The van der Waals surface area contributed by atoms with Crippen LogP contribution in [0.4, 0.5) is 17.1 Å². The molecule has 0 saturated carbocycles. The van der Waals surface area contributed by atoms with Gasteiger partial charge < -0.3 is 10.2 Å². The summed E-state index contributed by atoms with van der Waals surface area (Å²) in [6.07, 6.45) is 2.20. The number of rotatable bonds is 7. The molecule has 0 fully saturated rings. The van der Waals surface area contributed by atoms with E-state index in [1.807, 2.05) is 30.3 Å². The van der Waals surface area contributed by atoms with Crippen molar-refractivity contribution >= 4 is 56.6 Å². The Morgan fingerprint density at radius 2 is 1.10 bits per heavy atom. The first-order chi connectivity index (χ1) is 23.7. The van der Waals surface area contributed by atoms with Gasteiger partial charge in [-0.3, -0.25) is 5.41 Å². The van der Waals surface area contributed by atoms with Crippen molar-refractivity contribution in [3.05, 3.63) is 210 Å². The molecule has 0 saturated heterocycles. The van der Waals surface area contributed by atoms with Crippen molar-refractivity contribution in [2.45, 2.75) is 0 Å². The number of anilines is 3. The number of fused-ring (bicyclic) bond motifs is 2. The highest BCUT2D eigenvalue weighted by Gasteiger charge is 2.24. The van der Waals surface area contributed by atoms with Gasteiger partial charge in [-0.1, -0.05) is 152 Å². The maximum absolute atomic E-state index is 9.76. The van der Waals surface area contributed by atoms with Gasteiger partial charge in [0, 0.05) is 39.2 Å². The second-order valence-electron chi connectivity index (χ2n) is 11.8. The molecule has 7 aromatic rings. The fourth-order valence-electron chi connectivity index (χ4n) is 6.56. The van der Waals surface area contributed by atoms with E-state index in [0.717, 1.165) is 61.8 Å². The van der Waals surface area contributed by atoms with Gasteiger partial charge in [0.25, 0.3) is 0 Å². The third-order valence-electron chi connectivity index (χ3n) is 8.87. The zero-order valence-electron chi connectivity index (χ0n) is 26.3. The van der Waals surface area contributed by atoms with Crippen molar-refractivity contribution in [2.24, 2.45) is 0 Å². The average molecular weight is 616 g/mol. The van der Waals surface area contributed by atoms with Gasteiger partial charge in [0.1, 0.15) is 0 Å². The van der Waals surface area contributed by atoms with E-state index in [-0.39, 0.29) is 0 Å². The predicted molar refractivity (Wildman–Crippen MR) is 203 cm³/mol. The lowest BCUT2D eigenvalue weighted by Crippen LogP contribution is -2.20. The Morgan fingerprint density at radius 3 is 1.88 bits per heavy atom. The largest absolute Gasteiger partial charge is 0.354 e. The number of benzene rings is 7. The van der Waals surface area contributed by atoms with Crippen LogP contribution in [0.5, 0.6) is 0 Å². The summed E-state index contributed by atoms with van der Waals surface area (Å²) in [6.45, 7) is 0. The molecule has 1 aliphatic heterocycles. The zero-order valence-corrected chi connectivity index (χ0v) is 26.3. The van der Waals surface area contributed by atoms with Gasteiger partial charge in [-0.05, 0) is 58.5 Å². The van der Waals surface area contributed by atoms with E-state index in [2.05, 4.69) is 168 Å². The lowest BCUT2D eigenvalue weighted by atomic mass is 9.88. The number of allylic oxidation sites excluding steroid dienone is 1. The molecule has 0 radical (unpaired) electrons. The standard InChI is InChI=1S/C45H33N3/c46-44(35-27-29-38(30-28-35)48(37-22-8-3-9-23-37)42-26-14-21-32-15-10-12-24-39(32)42)43(34-18-6-2-7-19-34)45-40-25-13-11-20-36(40)31-41(47-45)33-16-4-1-5-17-33/h1-31,46-47H/b45-43-,46-44?. The van der Waals surface area contributed by atoms with Gasteiger partial charge in [-0.25, -0.2) is 0 Å². The second kappa shape index (κ2) is 12.7. The average Bonchev–Trinajstić information content (AvgIpc) is 3.16. The minimum absolute atomic E-state index is 0.454. The summed E-state index contributed by atoms with van der Waals surface area (Å²) >= 11 is 0. The third-order valence-corrected chi connectivity index (χ3v) is 8.87. The summed E-state index contributed by atoms with van der Waals surface area (Å²) in [7, 11) is 0. The van der Waals surface area contributed by atoms with Gasteiger partial charge in [0.15, 0.2) is 0 Å². The summed E-state index contributed by atoms with van der Waals surface area (Å²) in [5, 5.41) is 15.9. The molecular weight excluding hydrogens is 583 g/mol. The number of hydrogen-bond donors (Lipinski definition) is 2. The van der Waals surface area contributed by atoms with Crippen molar-refractivity contribution in [1.29, 1.82) is 5.41 Å². The topological polar surface area (TPSA) is 39.1 Å². The van der Waals surface area contributed by atoms with Crippen LogP contribution in [0.15, 0.2) is 182 Å². The number of hydrogen-bond acceptors (Lipinski definition) is 3. The Bertz CT molecular complexity index is 2300. The lowest BCUT2D eigenvalue weighted by Gasteiger charge is -2.27. The Balaban J connectivity index is 1.25. The molecule has 0 aromatic heterocycles. The molecule has 228 valence electrons. The van der Waals surface area contributed by atoms with Crippen LogP contribution in [0, 0.1) is 5.41 Å². The molecule has 0 amide bonds. The van der Waals surface area contributed by atoms with Crippen molar-refractivity contribution < 1.29 is 0 Å². The quantitative estimate of drug-likeness (QED) is 0.175. The maximum Gasteiger partial charge on any atom is 0.0711 e. The van der Waals surface area contributed by atoms with Crippen LogP contribution in [0.25, 0.3) is 33.8 Å². The number of para-hydroxylation sites is 1. The molecule has 0 spiro atoms. The maximum atomic E-state index is 9.76. The summed E-state index contributed by atoms with van der Waals surface area (Å²) in [4.78, 5) is 2.29. The molecule has 1 heterocycles. The second-order valence-corrected chi connectivity index (χ2v) is 11.8. The summed E-state index contributed by atoms with van der Waals surface area (Å²) in [5.74, 6) is 0. The van der Waals surface area contributed by atoms with Gasteiger partial charge in [-0.2, -0.15) is 0 Å². The van der Waals surface area contributed by atoms with E-state index in [9.17, 15) is 5.41 Å². The summed E-state index contributed by atoms with van der Waals surface area (Å²) in [6, 6.07) is 62.9. The molecule has 0 bridgehead atoms. The van der Waals surface area contributed by atoms with Gasteiger partial charge >= 0.3 is 0 Å². The SMILES string of the molecule is N=C(/C(=C1\NC(c2ccccc2)=Cc2ccccc21)c1ccccc1)c1ccc(N(c2ccccc2)c2cccc3ccccc23)cc1. The highest BCUT2D eigenvalue weighted by molar-refractivity contribution is 6.36. The van der Waals surface area contributed by atoms with Crippen LogP contribution in [0.2, 0.25) is 0 Å². The Labute approximate surface area is 281 Å². The minimum Gasteiger partial charge on any atom is -0.354 e. The van der Waals surface area contributed by atoms with Gasteiger partial charge in [0.05, 0.1) is 17.1 Å². The van der Waals surface area contributed by atoms with Gasteiger partial charge in [-0.15, -0.1) is 0 Å². The van der Waals surface area contributed by atoms with Crippen LogP contribution < -0.4 is 10.2 Å². The van der Waals surface area contributed by atoms with Crippen LogP contribution in [-0.4, -0.2) is 5.71 Å². The number of nitrogens with one attached hydrogen (secondary N) is 2. The Hall–Kier alpha value is -6.45. The fraction of sp³-hybridized carbons (Fsp3) is 0. The van der Waals surface area contributed by atoms with Crippen LogP contribution in [0.1, 0.15) is 27.8 Å². The van der Waals surface area contributed by atoms with Crippen molar-refractivity contribution in [3.8, 4) is 0 Å². The first kappa shape index (κ1) is 29.0. The first-order valence-corrected chi connectivity index (χ1v) is 16.2. The molecule has 8 rings (SSSR count). The first-order valence-electron chi connectivity index (χ1n) is 16.2. The van der Waals surface area contributed by atoms with E-state index in [0.29, 0.717) is 5.71 Å². The molecule has 2 N–H and O–H groups in total. The molecule has 48 heavy (non-hydrogen) atoms. The molecule has 7 aromatic carbocycles. The summed E-state index contributed by atoms with van der Waals surface area (Å²) in [5.41, 5.74) is 11.6. The van der Waals surface area contributed by atoms with E-state index in [4.69, 9.17) is 0 Å². The van der Waals surface area contributed by atoms with Gasteiger partial charge in [0.2, 0.25) is 0 Å². The molecule has 0 atom stereocenters. The van der Waals surface area contributed by atoms with Crippen molar-refractivity contribution in [1.82, 2.24) is 5.32 Å². The molecule has 1 aliphatic rings. The zero-order chi connectivity index (χ0) is 32.3. The molecule has 3 heteroatoms.